The summed E-state index contributed by atoms with van der Waals surface area (Å²) >= 11 is 0. The van der Waals surface area contributed by atoms with Gasteiger partial charge in [-0.05, 0) is 30.9 Å². The third-order valence-electron chi connectivity index (χ3n) is 3.81. The highest BCUT2D eigenvalue weighted by atomic mass is 16.5. The number of rotatable bonds is 4. The van der Waals surface area contributed by atoms with Gasteiger partial charge in [-0.1, -0.05) is 19.3 Å². The summed E-state index contributed by atoms with van der Waals surface area (Å²) in [6.45, 7) is 0. The lowest BCUT2D eigenvalue weighted by molar-refractivity contribution is -0.144. The number of esters is 1. The van der Waals surface area contributed by atoms with Crippen molar-refractivity contribution in [3.63, 3.8) is 0 Å². The average molecular weight is 276 g/mol. The molecule has 5 heteroatoms. The number of aromatic nitrogens is 1. The Labute approximate surface area is 118 Å². The second-order valence-electron chi connectivity index (χ2n) is 5.11. The Hall–Kier alpha value is -1.91. The van der Waals surface area contributed by atoms with Crippen molar-refractivity contribution in [3.05, 3.63) is 30.1 Å². The van der Waals surface area contributed by atoms with Gasteiger partial charge in [0.1, 0.15) is 6.04 Å². The molecule has 1 amide bonds. The fourth-order valence-electron chi connectivity index (χ4n) is 2.69. The third kappa shape index (κ3) is 3.56. The van der Waals surface area contributed by atoms with Gasteiger partial charge in [0.15, 0.2) is 0 Å². The van der Waals surface area contributed by atoms with E-state index in [4.69, 9.17) is 4.74 Å². The predicted octanol–water partition coefficient (Wildman–Crippen LogP) is 1.93. The maximum atomic E-state index is 12.2. The number of carbonyl (C=O) groups excluding carboxylic acids is 2. The van der Waals surface area contributed by atoms with Gasteiger partial charge < -0.3 is 10.1 Å². The first-order valence-corrected chi connectivity index (χ1v) is 7.01. The lowest BCUT2D eigenvalue weighted by atomic mass is 9.83. The van der Waals surface area contributed by atoms with E-state index in [1.165, 1.54) is 13.5 Å². The molecule has 0 spiro atoms. The van der Waals surface area contributed by atoms with Crippen LogP contribution in [0.3, 0.4) is 0 Å². The van der Waals surface area contributed by atoms with E-state index >= 15 is 0 Å². The number of amides is 1. The summed E-state index contributed by atoms with van der Waals surface area (Å²) in [5.41, 5.74) is 0.504. The van der Waals surface area contributed by atoms with Crippen LogP contribution >= 0.6 is 0 Å². The van der Waals surface area contributed by atoms with Gasteiger partial charge in [0, 0.05) is 18.0 Å². The molecule has 20 heavy (non-hydrogen) atoms. The van der Waals surface area contributed by atoms with E-state index in [0.29, 0.717) is 5.56 Å². The van der Waals surface area contributed by atoms with Gasteiger partial charge in [-0.15, -0.1) is 0 Å². The monoisotopic (exact) mass is 276 g/mol. The zero-order chi connectivity index (χ0) is 14.4. The standard InChI is InChI=1S/C15H20N2O3/c1-20-15(19)13(11-5-3-2-4-6-11)17-14(18)12-7-9-16-10-8-12/h7-11,13H,2-6H2,1H3,(H,17,18)/t13-/m0/s1. The molecule has 0 bridgehead atoms. The minimum atomic E-state index is -0.555. The molecule has 0 radical (unpaired) electrons. The van der Waals surface area contributed by atoms with Gasteiger partial charge in [0.05, 0.1) is 7.11 Å². The number of ether oxygens (including phenoxy) is 1. The molecule has 0 saturated heterocycles. The second kappa shape index (κ2) is 7.03. The van der Waals surface area contributed by atoms with Crippen LogP contribution in [0.25, 0.3) is 0 Å². The number of hydrogen-bond donors (Lipinski definition) is 1. The molecular formula is C15H20N2O3. The Morgan fingerprint density at radius 2 is 1.90 bits per heavy atom. The molecule has 5 nitrogen and oxygen atoms in total. The van der Waals surface area contributed by atoms with E-state index in [2.05, 4.69) is 10.3 Å². The normalized spacial score (nSPS) is 17.2. The fraction of sp³-hybridized carbons (Fsp3) is 0.533. The summed E-state index contributed by atoms with van der Waals surface area (Å²) in [7, 11) is 1.36. The molecule has 108 valence electrons. The fourth-order valence-corrected chi connectivity index (χ4v) is 2.69. The highest BCUT2D eigenvalue weighted by Crippen LogP contribution is 2.27. The topological polar surface area (TPSA) is 68.3 Å². The number of nitrogens with zero attached hydrogens (tertiary/aromatic N) is 1. The first-order chi connectivity index (χ1) is 9.72. The minimum Gasteiger partial charge on any atom is -0.467 e. The molecule has 1 aliphatic rings. The minimum absolute atomic E-state index is 0.169. The van der Waals surface area contributed by atoms with E-state index in [1.54, 1.807) is 24.5 Å². The molecule has 1 aromatic heterocycles. The van der Waals surface area contributed by atoms with Crippen molar-refractivity contribution in [2.75, 3.05) is 7.11 Å². The highest BCUT2D eigenvalue weighted by Gasteiger charge is 2.31. The van der Waals surface area contributed by atoms with Crippen molar-refractivity contribution in [1.29, 1.82) is 0 Å². The van der Waals surface area contributed by atoms with E-state index in [0.717, 1.165) is 25.7 Å². The Morgan fingerprint density at radius 3 is 2.50 bits per heavy atom. The SMILES string of the molecule is COC(=O)[C@@H](NC(=O)c1ccncc1)C1CCCCC1. The molecule has 1 aliphatic carbocycles. The van der Waals surface area contributed by atoms with Crippen molar-refractivity contribution in [2.24, 2.45) is 5.92 Å². The van der Waals surface area contributed by atoms with Crippen LogP contribution in [0.4, 0.5) is 0 Å². The summed E-state index contributed by atoms with van der Waals surface area (Å²) in [5, 5.41) is 2.81. The Kier molecular flexibility index (Phi) is 5.09. The average Bonchev–Trinajstić information content (AvgIpc) is 2.53. The molecular weight excluding hydrogens is 256 g/mol. The molecule has 0 aliphatic heterocycles. The third-order valence-corrected chi connectivity index (χ3v) is 3.81. The van der Waals surface area contributed by atoms with E-state index < -0.39 is 6.04 Å². The van der Waals surface area contributed by atoms with Crippen molar-refractivity contribution in [1.82, 2.24) is 10.3 Å². The smallest absolute Gasteiger partial charge is 0.328 e. The zero-order valence-corrected chi connectivity index (χ0v) is 11.7. The molecule has 1 fully saturated rings. The van der Waals surface area contributed by atoms with Crippen LogP contribution in [0.2, 0.25) is 0 Å². The summed E-state index contributed by atoms with van der Waals surface area (Å²) in [6.07, 6.45) is 8.42. The number of methoxy groups -OCH3 is 1. The number of hydrogen-bond acceptors (Lipinski definition) is 4. The van der Waals surface area contributed by atoms with Gasteiger partial charge >= 0.3 is 5.97 Å². The summed E-state index contributed by atoms with van der Waals surface area (Å²) in [4.78, 5) is 28.0. The largest absolute Gasteiger partial charge is 0.467 e. The Balaban J connectivity index is 2.07. The Morgan fingerprint density at radius 1 is 1.25 bits per heavy atom. The van der Waals surface area contributed by atoms with Crippen molar-refractivity contribution < 1.29 is 14.3 Å². The molecule has 2 rings (SSSR count). The highest BCUT2D eigenvalue weighted by molar-refractivity contribution is 5.96. The summed E-state index contributed by atoms with van der Waals surface area (Å²) in [6, 6.07) is 2.70. The van der Waals surface area contributed by atoms with Gasteiger partial charge in [-0.2, -0.15) is 0 Å². The van der Waals surface area contributed by atoms with Crippen LogP contribution in [-0.2, 0) is 9.53 Å². The zero-order valence-electron chi connectivity index (χ0n) is 11.7. The Bertz CT molecular complexity index is 455. The lowest BCUT2D eigenvalue weighted by Crippen LogP contribution is -2.47. The molecule has 1 heterocycles. The van der Waals surface area contributed by atoms with Crippen LogP contribution in [0, 0.1) is 5.92 Å². The molecule has 1 saturated carbocycles. The van der Waals surface area contributed by atoms with Crippen molar-refractivity contribution in [2.45, 2.75) is 38.1 Å². The molecule has 1 atom stereocenters. The van der Waals surface area contributed by atoms with Gasteiger partial charge in [-0.25, -0.2) is 4.79 Å². The van der Waals surface area contributed by atoms with Crippen LogP contribution in [-0.4, -0.2) is 30.0 Å². The van der Waals surface area contributed by atoms with Crippen LogP contribution < -0.4 is 5.32 Å². The number of nitrogens with one attached hydrogen (secondary N) is 1. The van der Waals surface area contributed by atoms with E-state index in [1.807, 2.05) is 0 Å². The quantitative estimate of drug-likeness (QED) is 0.853. The van der Waals surface area contributed by atoms with Gasteiger partial charge in [0.2, 0.25) is 0 Å². The maximum Gasteiger partial charge on any atom is 0.328 e. The first kappa shape index (κ1) is 14.5. The van der Waals surface area contributed by atoms with Crippen molar-refractivity contribution >= 4 is 11.9 Å². The second-order valence-corrected chi connectivity index (χ2v) is 5.11. The molecule has 1 aromatic rings. The first-order valence-electron chi connectivity index (χ1n) is 7.01. The number of carbonyl (C=O) groups is 2. The van der Waals surface area contributed by atoms with E-state index in [9.17, 15) is 9.59 Å². The van der Waals surface area contributed by atoms with E-state index in [-0.39, 0.29) is 17.8 Å². The van der Waals surface area contributed by atoms with Crippen molar-refractivity contribution in [3.8, 4) is 0 Å². The molecule has 1 N–H and O–H groups in total. The van der Waals surface area contributed by atoms with Crippen LogP contribution in [0.1, 0.15) is 42.5 Å². The maximum absolute atomic E-state index is 12.2. The molecule has 0 aromatic carbocycles. The number of pyridine rings is 1. The summed E-state index contributed by atoms with van der Waals surface area (Å²) < 4.78 is 4.84. The van der Waals surface area contributed by atoms with Crippen LogP contribution in [0.5, 0.6) is 0 Å². The van der Waals surface area contributed by atoms with Gasteiger partial charge in [-0.3, -0.25) is 9.78 Å². The molecule has 0 unspecified atom stereocenters. The van der Waals surface area contributed by atoms with Gasteiger partial charge in [0.25, 0.3) is 5.91 Å². The van der Waals surface area contributed by atoms with Crippen LogP contribution in [0.15, 0.2) is 24.5 Å². The lowest BCUT2D eigenvalue weighted by Gasteiger charge is -2.29. The summed E-state index contributed by atoms with van der Waals surface area (Å²) in [5.74, 6) is -0.449. The predicted molar refractivity (Wildman–Crippen MR) is 74.1 cm³/mol.